The molecule has 4 nitrogen and oxygen atoms in total. The smallest absolute Gasteiger partial charge is 0.315 e. The van der Waals surface area contributed by atoms with Gasteiger partial charge in [-0.05, 0) is 12.8 Å². The SMILES string of the molecule is O=C(CS)OCCCCCCCCOC(=O)CS. The summed E-state index contributed by atoms with van der Waals surface area (Å²) in [5, 5.41) is 0. The van der Waals surface area contributed by atoms with Gasteiger partial charge < -0.3 is 9.47 Å². The van der Waals surface area contributed by atoms with Crippen molar-refractivity contribution < 1.29 is 19.1 Å². The minimum absolute atomic E-state index is 0.144. The zero-order valence-electron chi connectivity index (χ0n) is 10.6. The fourth-order valence-corrected chi connectivity index (χ4v) is 1.56. The van der Waals surface area contributed by atoms with Crippen LogP contribution in [-0.4, -0.2) is 36.7 Å². The number of hydrogen-bond donors (Lipinski definition) is 2. The summed E-state index contributed by atoms with van der Waals surface area (Å²) >= 11 is 7.63. The third kappa shape index (κ3) is 12.1. The minimum Gasteiger partial charge on any atom is -0.465 e. The summed E-state index contributed by atoms with van der Waals surface area (Å²) in [5.41, 5.74) is 0. The van der Waals surface area contributed by atoms with Crippen LogP contribution in [0, 0.1) is 0 Å². The number of carbonyl (C=O) groups excluding carboxylic acids is 2. The quantitative estimate of drug-likeness (QED) is 0.349. The van der Waals surface area contributed by atoms with E-state index in [1.165, 1.54) is 0 Å². The lowest BCUT2D eigenvalue weighted by Crippen LogP contribution is -2.07. The molecule has 0 spiro atoms. The topological polar surface area (TPSA) is 52.6 Å². The van der Waals surface area contributed by atoms with Crippen molar-refractivity contribution in [1.82, 2.24) is 0 Å². The van der Waals surface area contributed by atoms with E-state index in [9.17, 15) is 9.59 Å². The van der Waals surface area contributed by atoms with Gasteiger partial charge in [0.2, 0.25) is 0 Å². The van der Waals surface area contributed by atoms with E-state index < -0.39 is 0 Å². The van der Waals surface area contributed by atoms with Gasteiger partial charge in [-0.2, -0.15) is 25.3 Å². The van der Waals surface area contributed by atoms with E-state index >= 15 is 0 Å². The molecule has 0 N–H and O–H groups in total. The molecule has 106 valence electrons. The molecule has 0 atom stereocenters. The van der Waals surface area contributed by atoms with E-state index in [2.05, 4.69) is 25.3 Å². The van der Waals surface area contributed by atoms with Crippen LogP contribution in [0.3, 0.4) is 0 Å². The zero-order chi connectivity index (χ0) is 13.6. The first-order valence-electron chi connectivity index (χ1n) is 6.23. The molecule has 0 heterocycles. The molecule has 0 aromatic carbocycles. The molecule has 0 aromatic heterocycles. The molecule has 0 aliphatic carbocycles. The standard InChI is InChI=1S/C12H22O4S2/c13-11(9-17)15-7-5-3-1-2-4-6-8-16-12(14)10-18/h17-18H,1-10H2. The van der Waals surface area contributed by atoms with Gasteiger partial charge in [0.1, 0.15) is 0 Å². The van der Waals surface area contributed by atoms with Crippen LogP contribution in [0.15, 0.2) is 0 Å². The molecule has 0 amide bonds. The second-order valence-electron chi connectivity index (χ2n) is 3.88. The van der Waals surface area contributed by atoms with Crippen molar-refractivity contribution in [2.75, 3.05) is 24.7 Å². The third-order valence-electron chi connectivity index (χ3n) is 2.32. The van der Waals surface area contributed by atoms with E-state index in [1.807, 2.05) is 0 Å². The van der Waals surface area contributed by atoms with Gasteiger partial charge in [-0.25, -0.2) is 0 Å². The van der Waals surface area contributed by atoms with Crippen molar-refractivity contribution in [3.63, 3.8) is 0 Å². The number of thiol groups is 2. The van der Waals surface area contributed by atoms with Gasteiger partial charge in [0.15, 0.2) is 0 Å². The van der Waals surface area contributed by atoms with Gasteiger partial charge in [0.25, 0.3) is 0 Å². The maximum atomic E-state index is 10.8. The molecule has 18 heavy (non-hydrogen) atoms. The molecule has 0 saturated carbocycles. The number of rotatable bonds is 11. The zero-order valence-corrected chi connectivity index (χ0v) is 12.4. The first kappa shape index (κ1) is 17.6. The first-order valence-corrected chi connectivity index (χ1v) is 7.50. The van der Waals surface area contributed by atoms with Gasteiger partial charge in [-0.15, -0.1) is 0 Å². The fraction of sp³-hybridized carbons (Fsp3) is 0.833. The Morgan fingerprint density at radius 2 is 1.00 bits per heavy atom. The Labute approximate surface area is 120 Å². The summed E-state index contributed by atoms with van der Waals surface area (Å²) in [6.45, 7) is 0.970. The lowest BCUT2D eigenvalue weighted by molar-refractivity contribution is -0.141. The molecule has 0 saturated heterocycles. The van der Waals surface area contributed by atoms with E-state index in [-0.39, 0.29) is 23.4 Å². The van der Waals surface area contributed by atoms with Crippen LogP contribution in [0.25, 0.3) is 0 Å². The Morgan fingerprint density at radius 3 is 1.33 bits per heavy atom. The van der Waals surface area contributed by atoms with E-state index in [4.69, 9.17) is 9.47 Å². The molecule has 6 heteroatoms. The minimum atomic E-state index is -0.260. The average molecular weight is 294 g/mol. The lowest BCUT2D eigenvalue weighted by Gasteiger charge is -2.04. The van der Waals surface area contributed by atoms with Gasteiger partial charge in [-0.3, -0.25) is 9.59 Å². The third-order valence-corrected chi connectivity index (χ3v) is 2.84. The van der Waals surface area contributed by atoms with Gasteiger partial charge in [0.05, 0.1) is 24.7 Å². The maximum absolute atomic E-state index is 10.8. The molecule has 0 aliphatic heterocycles. The van der Waals surface area contributed by atoms with Crippen LogP contribution in [0.5, 0.6) is 0 Å². The fourth-order valence-electron chi connectivity index (χ4n) is 1.37. The van der Waals surface area contributed by atoms with E-state index in [0.29, 0.717) is 13.2 Å². The summed E-state index contributed by atoms with van der Waals surface area (Å²) in [7, 11) is 0. The Balaban J connectivity index is 3.07. The lowest BCUT2D eigenvalue weighted by atomic mass is 10.1. The Hall–Kier alpha value is -0.360. The van der Waals surface area contributed by atoms with Crippen molar-refractivity contribution in [3.05, 3.63) is 0 Å². The number of ether oxygens (including phenoxy) is 2. The van der Waals surface area contributed by atoms with E-state index in [1.54, 1.807) is 0 Å². The summed E-state index contributed by atoms with van der Waals surface area (Å²) in [4.78, 5) is 21.5. The number of hydrogen-bond acceptors (Lipinski definition) is 6. The summed E-state index contributed by atoms with van der Waals surface area (Å²) in [5.74, 6) is -0.232. The molecule has 0 unspecified atom stereocenters. The molecular formula is C12H22O4S2. The highest BCUT2D eigenvalue weighted by Crippen LogP contribution is 2.06. The summed E-state index contributed by atoms with van der Waals surface area (Å²) in [6, 6.07) is 0. The molecule has 0 aliphatic rings. The van der Waals surface area contributed by atoms with Crippen LogP contribution >= 0.6 is 25.3 Å². The van der Waals surface area contributed by atoms with Crippen molar-refractivity contribution >= 4 is 37.2 Å². The summed E-state index contributed by atoms with van der Waals surface area (Å²) in [6.07, 6.45) is 6.12. The Kier molecular flexibility index (Phi) is 12.8. The van der Waals surface area contributed by atoms with Crippen LogP contribution in [0.4, 0.5) is 0 Å². The Morgan fingerprint density at radius 1 is 0.667 bits per heavy atom. The Bertz CT molecular complexity index is 210. The average Bonchev–Trinajstić information content (AvgIpc) is 2.40. The van der Waals surface area contributed by atoms with Gasteiger partial charge in [-0.1, -0.05) is 25.7 Å². The van der Waals surface area contributed by atoms with Gasteiger partial charge >= 0.3 is 11.9 Å². The van der Waals surface area contributed by atoms with Crippen LogP contribution in [-0.2, 0) is 19.1 Å². The van der Waals surface area contributed by atoms with Crippen molar-refractivity contribution in [3.8, 4) is 0 Å². The molecule has 0 bridgehead atoms. The maximum Gasteiger partial charge on any atom is 0.315 e. The van der Waals surface area contributed by atoms with Crippen LogP contribution in [0.1, 0.15) is 38.5 Å². The second-order valence-corrected chi connectivity index (χ2v) is 4.51. The second kappa shape index (κ2) is 13.1. The number of carbonyl (C=O) groups is 2. The molecule has 0 aromatic rings. The highest BCUT2D eigenvalue weighted by Gasteiger charge is 1.99. The monoisotopic (exact) mass is 294 g/mol. The van der Waals surface area contributed by atoms with Crippen LogP contribution in [0.2, 0.25) is 0 Å². The first-order chi connectivity index (χ1) is 8.70. The predicted octanol–water partition coefficient (Wildman–Crippen LogP) is 2.27. The molecule has 0 rings (SSSR count). The highest BCUT2D eigenvalue weighted by atomic mass is 32.1. The predicted molar refractivity (Wildman–Crippen MR) is 77.3 cm³/mol. The van der Waals surface area contributed by atoms with Crippen LogP contribution < -0.4 is 0 Å². The number of esters is 2. The largest absolute Gasteiger partial charge is 0.465 e. The molecule has 0 radical (unpaired) electrons. The normalized spacial score (nSPS) is 10.1. The van der Waals surface area contributed by atoms with E-state index in [0.717, 1.165) is 38.5 Å². The van der Waals surface area contributed by atoms with Crippen molar-refractivity contribution in [2.45, 2.75) is 38.5 Å². The summed E-state index contributed by atoms with van der Waals surface area (Å²) < 4.78 is 9.79. The highest BCUT2D eigenvalue weighted by molar-refractivity contribution is 7.81. The van der Waals surface area contributed by atoms with Gasteiger partial charge in [0, 0.05) is 0 Å². The van der Waals surface area contributed by atoms with Crippen molar-refractivity contribution in [1.29, 1.82) is 0 Å². The van der Waals surface area contributed by atoms with Crippen molar-refractivity contribution in [2.24, 2.45) is 0 Å². The molecular weight excluding hydrogens is 272 g/mol. The molecule has 0 fully saturated rings. The number of unbranched alkanes of at least 4 members (excludes halogenated alkanes) is 5.